The normalized spacial score (nSPS) is 10.4. The Balaban J connectivity index is 0.000000637. The molecule has 0 saturated heterocycles. The van der Waals surface area contributed by atoms with E-state index in [0.29, 0.717) is 5.15 Å². The van der Waals surface area contributed by atoms with Crippen LogP contribution >= 0.6 is 11.6 Å². The van der Waals surface area contributed by atoms with Crippen molar-refractivity contribution in [2.24, 2.45) is 7.05 Å². The highest BCUT2D eigenvalue weighted by Gasteiger charge is 2.09. The Labute approximate surface area is 117 Å². The molecule has 3 aromatic heterocycles. The van der Waals surface area contributed by atoms with E-state index in [0.717, 1.165) is 16.7 Å². The largest absolute Gasteiger partial charge is 0.298 e. The van der Waals surface area contributed by atoms with Crippen molar-refractivity contribution < 1.29 is 0 Å². The molecule has 4 nitrogen and oxygen atoms in total. The van der Waals surface area contributed by atoms with Crippen LogP contribution in [0, 0.1) is 6.92 Å². The molecule has 100 valence electrons. The van der Waals surface area contributed by atoms with E-state index >= 15 is 0 Å². The smallest absolute Gasteiger partial charge is 0.146 e. The Morgan fingerprint density at radius 2 is 1.89 bits per heavy atom. The molecular formula is C14H17ClN4. The molecule has 0 aliphatic rings. The van der Waals surface area contributed by atoms with Crippen LogP contribution in [0.25, 0.3) is 16.7 Å². The lowest BCUT2D eigenvalue weighted by atomic mass is 10.2. The summed E-state index contributed by atoms with van der Waals surface area (Å²) >= 11 is 5.95. The van der Waals surface area contributed by atoms with Gasteiger partial charge in [-0.25, -0.2) is 4.98 Å². The Morgan fingerprint density at radius 1 is 1.16 bits per heavy atom. The molecule has 0 aromatic carbocycles. The minimum absolute atomic E-state index is 0.501. The van der Waals surface area contributed by atoms with Gasteiger partial charge in [0.25, 0.3) is 0 Å². The Morgan fingerprint density at radius 3 is 2.53 bits per heavy atom. The summed E-state index contributed by atoms with van der Waals surface area (Å²) in [5.41, 5.74) is 3.02. The third kappa shape index (κ3) is 2.49. The van der Waals surface area contributed by atoms with E-state index in [1.54, 1.807) is 4.68 Å². The molecule has 0 saturated carbocycles. The second kappa shape index (κ2) is 5.45. The molecule has 0 aliphatic heterocycles. The van der Waals surface area contributed by atoms with Gasteiger partial charge in [-0.1, -0.05) is 25.4 Å². The van der Waals surface area contributed by atoms with E-state index in [9.17, 15) is 0 Å². The number of halogens is 1. The number of fused-ring (bicyclic) bond motifs is 1. The van der Waals surface area contributed by atoms with Crippen molar-refractivity contribution in [3.05, 3.63) is 41.4 Å². The molecule has 0 bridgehead atoms. The number of aromatic nitrogens is 4. The van der Waals surface area contributed by atoms with Gasteiger partial charge < -0.3 is 0 Å². The zero-order valence-corrected chi connectivity index (χ0v) is 12.3. The van der Waals surface area contributed by atoms with Crippen LogP contribution in [-0.4, -0.2) is 19.3 Å². The Hall–Kier alpha value is -1.81. The quantitative estimate of drug-likeness (QED) is 0.635. The summed E-state index contributed by atoms with van der Waals surface area (Å²) in [7, 11) is 1.89. The highest BCUT2D eigenvalue weighted by molar-refractivity contribution is 6.29. The van der Waals surface area contributed by atoms with Gasteiger partial charge in [-0.3, -0.25) is 9.25 Å². The summed E-state index contributed by atoms with van der Waals surface area (Å²) in [6.45, 7) is 6.06. The van der Waals surface area contributed by atoms with Gasteiger partial charge in [-0.05, 0) is 24.6 Å². The maximum atomic E-state index is 5.95. The van der Waals surface area contributed by atoms with Crippen LogP contribution in [0.1, 0.15) is 19.4 Å². The van der Waals surface area contributed by atoms with E-state index in [-0.39, 0.29) is 0 Å². The molecule has 3 heterocycles. The maximum Gasteiger partial charge on any atom is 0.146 e. The lowest BCUT2D eigenvalue weighted by molar-refractivity contribution is 0.767. The molecule has 0 radical (unpaired) electrons. The number of nitrogens with zero attached hydrogens (tertiary/aromatic N) is 4. The van der Waals surface area contributed by atoms with Crippen LogP contribution in [0.5, 0.6) is 0 Å². The second-order valence-electron chi connectivity index (χ2n) is 4.06. The van der Waals surface area contributed by atoms with Crippen molar-refractivity contribution in [2.45, 2.75) is 20.8 Å². The first-order chi connectivity index (χ1) is 9.15. The first kappa shape index (κ1) is 13.6. The molecule has 0 aliphatic carbocycles. The zero-order valence-electron chi connectivity index (χ0n) is 11.6. The van der Waals surface area contributed by atoms with Crippen molar-refractivity contribution in [1.29, 1.82) is 0 Å². The fourth-order valence-corrected chi connectivity index (χ4v) is 2.11. The van der Waals surface area contributed by atoms with Gasteiger partial charge in [0.05, 0.1) is 11.9 Å². The Kier molecular flexibility index (Phi) is 3.90. The van der Waals surface area contributed by atoms with Gasteiger partial charge in [-0.2, -0.15) is 5.10 Å². The van der Waals surface area contributed by atoms with Crippen LogP contribution in [-0.2, 0) is 7.05 Å². The molecule has 5 heteroatoms. The van der Waals surface area contributed by atoms with Crippen LogP contribution in [0.2, 0.25) is 5.15 Å². The van der Waals surface area contributed by atoms with Gasteiger partial charge in [0.1, 0.15) is 10.8 Å². The first-order valence-electron chi connectivity index (χ1n) is 6.28. The topological polar surface area (TPSA) is 35.6 Å². The highest BCUT2D eigenvalue weighted by atomic mass is 35.5. The summed E-state index contributed by atoms with van der Waals surface area (Å²) in [6.07, 6.45) is 5.80. The number of aryl methyl sites for hydroxylation is 2. The lowest BCUT2D eigenvalue weighted by Gasteiger charge is -2.00. The lowest BCUT2D eigenvalue weighted by Crippen LogP contribution is -1.92. The average Bonchev–Trinajstić information content (AvgIpc) is 2.96. The van der Waals surface area contributed by atoms with Crippen molar-refractivity contribution in [3.8, 4) is 5.69 Å². The molecular weight excluding hydrogens is 260 g/mol. The number of hydrogen-bond acceptors (Lipinski definition) is 2. The third-order valence-corrected chi connectivity index (χ3v) is 3.00. The van der Waals surface area contributed by atoms with Crippen LogP contribution < -0.4 is 0 Å². The van der Waals surface area contributed by atoms with Crippen LogP contribution in [0.4, 0.5) is 0 Å². The summed E-state index contributed by atoms with van der Waals surface area (Å²) in [5, 5.41) is 5.78. The fraction of sp³-hybridized carbons (Fsp3) is 0.286. The van der Waals surface area contributed by atoms with E-state index in [1.165, 1.54) is 5.56 Å². The summed E-state index contributed by atoms with van der Waals surface area (Å²) in [5.74, 6) is 0. The number of pyridine rings is 1. The maximum absolute atomic E-state index is 5.95. The number of rotatable bonds is 1. The van der Waals surface area contributed by atoms with Gasteiger partial charge in [0.15, 0.2) is 0 Å². The zero-order chi connectivity index (χ0) is 14.0. The third-order valence-electron chi connectivity index (χ3n) is 2.79. The molecule has 19 heavy (non-hydrogen) atoms. The monoisotopic (exact) mass is 276 g/mol. The fourth-order valence-electron chi connectivity index (χ4n) is 1.97. The molecule has 0 amide bonds. The first-order valence-corrected chi connectivity index (χ1v) is 6.66. The minimum atomic E-state index is 0.501. The van der Waals surface area contributed by atoms with Crippen molar-refractivity contribution >= 4 is 22.6 Å². The molecule has 0 spiro atoms. The van der Waals surface area contributed by atoms with Gasteiger partial charge in [-0.15, -0.1) is 0 Å². The van der Waals surface area contributed by atoms with E-state index < -0.39 is 0 Å². The van der Waals surface area contributed by atoms with Gasteiger partial charge in [0.2, 0.25) is 0 Å². The SMILES string of the molecule is CC.Cc1cn(-c2cnn(C)c2)c2nc(Cl)ccc12. The molecule has 0 N–H and O–H groups in total. The molecule has 0 fully saturated rings. The molecule has 0 atom stereocenters. The highest BCUT2D eigenvalue weighted by Crippen LogP contribution is 2.24. The van der Waals surface area contributed by atoms with Crippen LogP contribution in [0.15, 0.2) is 30.7 Å². The number of hydrogen-bond donors (Lipinski definition) is 0. The average molecular weight is 277 g/mol. The van der Waals surface area contributed by atoms with E-state index in [4.69, 9.17) is 11.6 Å². The van der Waals surface area contributed by atoms with E-state index in [2.05, 4.69) is 17.0 Å². The molecule has 0 unspecified atom stereocenters. The predicted molar refractivity (Wildman–Crippen MR) is 78.9 cm³/mol. The van der Waals surface area contributed by atoms with Crippen molar-refractivity contribution in [3.63, 3.8) is 0 Å². The summed E-state index contributed by atoms with van der Waals surface area (Å²) < 4.78 is 3.77. The van der Waals surface area contributed by atoms with Gasteiger partial charge in [0, 0.05) is 24.8 Å². The predicted octanol–water partition coefficient (Wildman–Crippen LogP) is 3.75. The molecule has 3 rings (SSSR count). The second-order valence-corrected chi connectivity index (χ2v) is 4.45. The van der Waals surface area contributed by atoms with E-state index in [1.807, 2.05) is 56.2 Å². The minimum Gasteiger partial charge on any atom is -0.298 e. The standard InChI is InChI=1S/C12H11ClN4.C2H6/c1-8-6-17(9-5-14-16(2)7-9)12-10(8)3-4-11(13)15-12;1-2/h3-7H,1-2H3;1-2H3. The van der Waals surface area contributed by atoms with Crippen LogP contribution in [0.3, 0.4) is 0 Å². The summed E-state index contributed by atoms with van der Waals surface area (Å²) in [6, 6.07) is 3.80. The van der Waals surface area contributed by atoms with Crippen molar-refractivity contribution in [1.82, 2.24) is 19.3 Å². The van der Waals surface area contributed by atoms with Gasteiger partial charge >= 0.3 is 0 Å². The van der Waals surface area contributed by atoms with Crippen molar-refractivity contribution in [2.75, 3.05) is 0 Å². The molecule has 3 aromatic rings. The summed E-state index contributed by atoms with van der Waals surface area (Å²) in [4.78, 5) is 4.37. The Bertz CT molecular complexity index is 697.